The van der Waals surface area contributed by atoms with Gasteiger partial charge in [0.1, 0.15) is 0 Å². The van der Waals surface area contributed by atoms with Gasteiger partial charge in [-0.3, -0.25) is 0 Å². The first-order valence-electron chi connectivity index (χ1n) is 4.57. The fraction of sp³-hybridized carbons (Fsp3) is 0.0833. The summed E-state index contributed by atoms with van der Waals surface area (Å²) >= 11 is 0.486. The van der Waals surface area contributed by atoms with Crippen LogP contribution in [0.25, 0.3) is 19.3 Å². The molecule has 3 rings (SSSR count). The Labute approximate surface area is 88.1 Å². The Morgan fingerprint density at radius 3 is 2.93 bits per heavy atom. The van der Waals surface area contributed by atoms with E-state index in [0.717, 1.165) is 0 Å². The zero-order valence-electron chi connectivity index (χ0n) is 7.82. The van der Waals surface area contributed by atoms with Crippen molar-refractivity contribution in [1.29, 1.82) is 0 Å². The van der Waals surface area contributed by atoms with Crippen LogP contribution in [-0.4, -0.2) is 19.5 Å². The van der Waals surface area contributed by atoms with Crippen LogP contribution in [0, 0.1) is 6.92 Å². The third-order valence-electron chi connectivity index (χ3n) is 2.43. The fourth-order valence-electron chi connectivity index (χ4n) is 1.73. The average Bonchev–Trinajstić information content (AvgIpc) is 2.54. The summed E-state index contributed by atoms with van der Waals surface area (Å²) < 4.78 is 2.97. The number of hydrogen-bond acceptors (Lipinski definition) is 1. The second-order valence-electron chi connectivity index (χ2n) is 3.47. The molecular formula is C12H9NSe. The Morgan fingerprint density at radius 1 is 1.07 bits per heavy atom. The van der Waals surface area contributed by atoms with Gasteiger partial charge in [-0.1, -0.05) is 0 Å². The van der Waals surface area contributed by atoms with Gasteiger partial charge in [0.25, 0.3) is 0 Å². The molecule has 3 aromatic rings. The molecule has 2 heterocycles. The predicted octanol–water partition coefficient (Wildman–Crippen LogP) is 2.75. The van der Waals surface area contributed by atoms with Gasteiger partial charge in [-0.05, 0) is 0 Å². The van der Waals surface area contributed by atoms with Crippen LogP contribution in [0.2, 0.25) is 0 Å². The predicted molar refractivity (Wildman–Crippen MR) is 60.9 cm³/mol. The summed E-state index contributed by atoms with van der Waals surface area (Å²) in [6, 6.07) is 8.84. The van der Waals surface area contributed by atoms with Crippen molar-refractivity contribution in [3.8, 4) is 0 Å². The van der Waals surface area contributed by atoms with Crippen molar-refractivity contribution in [2.75, 3.05) is 0 Å². The van der Waals surface area contributed by atoms with Gasteiger partial charge >= 0.3 is 87.9 Å². The molecule has 0 saturated heterocycles. The van der Waals surface area contributed by atoms with Crippen LogP contribution < -0.4 is 0 Å². The maximum atomic E-state index is 4.19. The zero-order valence-corrected chi connectivity index (χ0v) is 9.53. The number of fused-ring (bicyclic) bond motifs is 3. The first-order valence-corrected chi connectivity index (χ1v) is 6.29. The van der Waals surface area contributed by atoms with Crippen LogP contribution in [0.5, 0.6) is 0 Å². The number of pyridine rings is 1. The van der Waals surface area contributed by atoms with Crippen LogP contribution in [0.4, 0.5) is 0 Å². The summed E-state index contributed by atoms with van der Waals surface area (Å²) in [7, 11) is 0. The number of aryl methyl sites for hydroxylation is 1. The van der Waals surface area contributed by atoms with E-state index in [-0.39, 0.29) is 0 Å². The molecule has 0 aliphatic carbocycles. The molecule has 1 aromatic carbocycles. The molecule has 14 heavy (non-hydrogen) atoms. The van der Waals surface area contributed by atoms with Crippen molar-refractivity contribution in [2.45, 2.75) is 6.92 Å². The van der Waals surface area contributed by atoms with E-state index >= 15 is 0 Å². The number of nitrogens with zero attached hydrogens (tertiary/aromatic N) is 1. The zero-order chi connectivity index (χ0) is 9.54. The van der Waals surface area contributed by atoms with Crippen LogP contribution >= 0.6 is 0 Å². The molecule has 0 atom stereocenters. The molecule has 0 spiro atoms. The monoisotopic (exact) mass is 247 g/mol. The minimum atomic E-state index is 0.486. The van der Waals surface area contributed by atoms with Crippen molar-refractivity contribution >= 4 is 33.8 Å². The first-order chi connectivity index (χ1) is 6.84. The van der Waals surface area contributed by atoms with E-state index in [1.165, 1.54) is 24.9 Å². The molecule has 0 amide bonds. The van der Waals surface area contributed by atoms with Crippen molar-refractivity contribution < 1.29 is 0 Å². The van der Waals surface area contributed by atoms with E-state index in [1.807, 2.05) is 12.4 Å². The topological polar surface area (TPSA) is 12.9 Å². The van der Waals surface area contributed by atoms with Gasteiger partial charge in [0, 0.05) is 0 Å². The van der Waals surface area contributed by atoms with Gasteiger partial charge < -0.3 is 0 Å². The molecule has 0 N–H and O–H groups in total. The second kappa shape index (κ2) is 2.94. The molecule has 0 saturated carbocycles. The van der Waals surface area contributed by atoms with E-state index in [9.17, 15) is 0 Å². The van der Waals surface area contributed by atoms with Crippen molar-refractivity contribution in [3.05, 3.63) is 42.2 Å². The third-order valence-corrected chi connectivity index (χ3v) is 4.81. The van der Waals surface area contributed by atoms with Crippen LogP contribution in [0.15, 0.2) is 36.7 Å². The SMILES string of the molecule is Cc1ccc2c(c1)[se]c1ccncc12. The maximum absolute atomic E-state index is 4.19. The molecule has 0 aliphatic heterocycles. The van der Waals surface area contributed by atoms with Gasteiger partial charge in [0.15, 0.2) is 0 Å². The van der Waals surface area contributed by atoms with E-state index < -0.39 is 0 Å². The second-order valence-corrected chi connectivity index (χ2v) is 5.75. The molecule has 2 aromatic heterocycles. The van der Waals surface area contributed by atoms with Gasteiger partial charge in [0.2, 0.25) is 0 Å². The summed E-state index contributed by atoms with van der Waals surface area (Å²) in [5.41, 5.74) is 1.35. The Kier molecular flexibility index (Phi) is 1.73. The van der Waals surface area contributed by atoms with Crippen LogP contribution in [0.3, 0.4) is 0 Å². The van der Waals surface area contributed by atoms with E-state index in [1.54, 1.807) is 0 Å². The number of aromatic nitrogens is 1. The van der Waals surface area contributed by atoms with E-state index in [0.29, 0.717) is 14.5 Å². The summed E-state index contributed by atoms with van der Waals surface area (Å²) in [6.45, 7) is 2.15. The van der Waals surface area contributed by atoms with E-state index in [4.69, 9.17) is 0 Å². The van der Waals surface area contributed by atoms with E-state index in [2.05, 4.69) is 36.2 Å². The standard InChI is InChI=1S/C12H9NSe/c1-8-2-3-9-10-7-13-5-4-11(10)14-12(9)6-8/h2-7H,1H3. The Balaban J connectivity index is 2.57. The quantitative estimate of drug-likeness (QED) is 0.556. The average molecular weight is 246 g/mol. The van der Waals surface area contributed by atoms with Gasteiger partial charge in [-0.15, -0.1) is 0 Å². The van der Waals surface area contributed by atoms with Crippen molar-refractivity contribution in [3.63, 3.8) is 0 Å². The van der Waals surface area contributed by atoms with Crippen LogP contribution in [-0.2, 0) is 0 Å². The summed E-state index contributed by atoms with van der Waals surface area (Å²) in [5, 5.41) is 2.72. The molecule has 0 fully saturated rings. The molecule has 0 bridgehead atoms. The Hall–Kier alpha value is -1.11. The number of hydrogen-bond donors (Lipinski definition) is 0. The summed E-state index contributed by atoms with van der Waals surface area (Å²) in [5.74, 6) is 0. The number of benzene rings is 1. The van der Waals surface area contributed by atoms with Gasteiger partial charge in [-0.25, -0.2) is 0 Å². The first kappa shape index (κ1) is 8.22. The third kappa shape index (κ3) is 1.12. The molecule has 0 unspecified atom stereocenters. The van der Waals surface area contributed by atoms with Crippen molar-refractivity contribution in [2.24, 2.45) is 0 Å². The fourth-order valence-corrected chi connectivity index (χ4v) is 4.19. The van der Waals surface area contributed by atoms with Gasteiger partial charge in [0.05, 0.1) is 0 Å². The molecule has 0 aliphatic rings. The normalized spacial score (nSPS) is 11.2. The molecule has 0 radical (unpaired) electrons. The molecule has 1 nitrogen and oxygen atoms in total. The van der Waals surface area contributed by atoms with Crippen LogP contribution in [0.1, 0.15) is 5.56 Å². The summed E-state index contributed by atoms with van der Waals surface area (Å²) in [6.07, 6.45) is 3.87. The molecular weight excluding hydrogens is 237 g/mol. The molecule has 2 heteroatoms. The van der Waals surface area contributed by atoms with Crippen molar-refractivity contribution in [1.82, 2.24) is 4.98 Å². The number of rotatable bonds is 0. The minimum absolute atomic E-state index is 0.486. The Morgan fingerprint density at radius 2 is 2.00 bits per heavy atom. The molecule has 68 valence electrons. The Bertz CT molecular complexity index is 610. The summed E-state index contributed by atoms with van der Waals surface area (Å²) in [4.78, 5) is 4.19. The van der Waals surface area contributed by atoms with Gasteiger partial charge in [-0.2, -0.15) is 0 Å².